The van der Waals surface area contributed by atoms with E-state index in [-0.39, 0.29) is 49.8 Å². The second-order valence-corrected chi connectivity index (χ2v) is 9.89. The summed E-state index contributed by atoms with van der Waals surface area (Å²) >= 11 is 0. The van der Waals surface area contributed by atoms with Gasteiger partial charge in [0, 0.05) is 31.2 Å². The van der Waals surface area contributed by atoms with Gasteiger partial charge in [-0.05, 0) is 43.6 Å². The molecule has 3 heterocycles. The molecule has 1 aromatic carbocycles. The summed E-state index contributed by atoms with van der Waals surface area (Å²) in [6.45, 7) is 0.190. The van der Waals surface area contributed by atoms with Gasteiger partial charge in [0.25, 0.3) is 10.2 Å². The van der Waals surface area contributed by atoms with Crippen LogP contribution < -0.4 is 5.48 Å². The van der Waals surface area contributed by atoms with Crippen molar-refractivity contribution in [1.29, 1.82) is 0 Å². The minimum Gasteiger partial charge on any atom is -0.428 e. The van der Waals surface area contributed by atoms with Crippen molar-refractivity contribution in [3.63, 3.8) is 0 Å². The number of nitrogens with zero attached hydrogens (tertiary/aromatic N) is 2. The highest BCUT2D eigenvalue weighted by Crippen LogP contribution is 2.38. The summed E-state index contributed by atoms with van der Waals surface area (Å²) in [7, 11) is -4.02. The Balaban J connectivity index is 1.52. The Morgan fingerprint density at radius 3 is 2.36 bits per heavy atom. The number of benzene rings is 1. The van der Waals surface area contributed by atoms with Gasteiger partial charge in [0.1, 0.15) is 0 Å². The van der Waals surface area contributed by atoms with Crippen LogP contribution in [0.1, 0.15) is 43.6 Å². The van der Waals surface area contributed by atoms with E-state index in [0.717, 1.165) is 4.31 Å². The first-order chi connectivity index (χ1) is 15.7. The van der Waals surface area contributed by atoms with Crippen LogP contribution in [0.15, 0.2) is 6.20 Å². The molecule has 0 spiro atoms. The lowest BCUT2D eigenvalue weighted by atomic mass is 9.90. The first kappa shape index (κ1) is 23.7. The Kier molecular flexibility index (Phi) is 6.53. The fourth-order valence-electron chi connectivity index (χ4n) is 4.53. The van der Waals surface area contributed by atoms with Gasteiger partial charge in [-0.2, -0.15) is 17.0 Å². The van der Waals surface area contributed by atoms with Crippen molar-refractivity contribution in [1.82, 2.24) is 19.1 Å². The molecule has 1 aromatic heterocycles. The fourth-order valence-corrected chi connectivity index (χ4v) is 6.31. The zero-order valence-corrected chi connectivity index (χ0v) is 18.1. The average Bonchev–Trinajstić information content (AvgIpc) is 3.27. The maximum absolute atomic E-state index is 14.4. The standard InChI is InChI=1S/C19H22F4N4O5S/c20-14-13-11(9-24-18(13)17(23)16(22)15(14)21)10-4-7-26(8-5-10)33(30,31)27-6-2-1-3-12(27)32-19(28)25-29/h9-10,12,24,29H,1-8H2,(H,25,28)/t12-/m1/s1. The molecule has 182 valence electrons. The Morgan fingerprint density at radius 1 is 1.03 bits per heavy atom. The third-order valence-corrected chi connectivity index (χ3v) is 8.21. The van der Waals surface area contributed by atoms with Gasteiger partial charge in [-0.1, -0.05) is 0 Å². The van der Waals surface area contributed by atoms with Crippen molar-refractivity contribution in [3.05, 3.63) is 35.0 Å². The molecule has 1 amide bonds. The van der Waals surface area contributed by atoms with E-state index in [2.05, 4.69) is 4.98 Å². The predicted octanol–water partition coefficient (Wildman–Crippen LogP) is 3.08. The highest BCUT2D eigenvalue weighted by molar-refractivity contribution is 7.86. The van der Waals surface area contributed by atoms with Crippen LogP contribution in [0.4, 0.5) is 22.4 Å². The number of carbonyl (C=O) groups is 1. The summed E-state index contributed by atoms with van der Waals surface area (Å²) in [6, 6.07) is 0. The van der Waals surface area contributed by atoms with Crippen LogP contribution in [-0.4, -0.2) is 59.2 Å². The molecule has 2 fully saturated rings. The fraction of sp³-hybridized carbons (Fsp3) is 0.526. The van der Waals surface area contributed by atoms with Crippen LogP contribution in [-0.2, 0) is 14.9 Å². The van der Waals surface area contributed by atoms with Crippen molar-refractivity contribution in [2.24, 2.45) is 0 Å². The minimum atomic E-state index is -4.02. The van der Waals surface area contributed by atoms with E-state index in [1.54, 1.807) is 0 Å². The van der Waals surface area contributed by atoms with Gasteiger partial charge in [0.2, 0.25) is 0 Å². The number of hydrogen-bond donors (Lipinski definition) is 3. The van der Waals surface area contributed by atoms with E-state index in [1.807, 2.05) is 0 Å². The zero-order chi connectivity index (χ0) is 23.9. The van der Waals surface area contributed by atoms with Gasteiger partial charge < -0.3 is 9.72 Å². The molecule has 2 saturated heterocycles. The summed E-state index contributed by atoms with van der Waals surface area (Å²) in [5.74, 6) is -7.23. The van der Waals surface area contributed by atoms with E-state index in [4.69, 9.17) is 9.94 Å². The number of hydrogen-bond acceptors (Lipinski definition) is 5. The number of nitrogens with one attached hydrogen (secondary N) is 2. The van der Waals surface area contributed by atoms with Crippen molar-refractivity contribution < 1.29 is 40.7 Å². The van der Waals surface area contributed by atoms with Gasteiger partial charge in [-0.15, -0.1) is 0 Å². The van der Waals surface area contributed by atoms with Crippen LogP contribution >= 0.6 is 0 Å². The SMILES string of the molecule is O=C(NO)O[C@@H]1CCCCN1S(=O)(=O)N1CCC(c2c[nH]c3c(F)c(F)c(F)c(F)c23)CC1. The summed E-state index contributed by atoms with van der Waals surface area (Å²) in [6.07, 6.45) is 0.967. The predicted molar refractivity (Wildman–Crippen MR) is 106 cm³/mol. The Hall–Kier alpha value is -2.42. The normalized spacial score (nSPS) is 21.4. The Morgan fingerprint density at radius 2 is 1.70 bits per heavy atom. The van der Waals surface area contributed by atoms with Gasteiger partial charge in [-0.25, -0.2) is 27.8 Å². The molecule has 2 aliphatic heterocycles. The van der Waals surface area contributed by atoms with E-state index in [0.29, 0.717) is 12.8 Å². The van der Waals surface area contributed by atoms with Crippen LogP contribution in [0.2, 0.25) is 0 Å². The number of H-pyrrole nitrogens is 1. The number of fused-ring (bicyclic) bond motifs is 1. The monoisotopic (exact) mass is 494 g/mol. The number of rotatable bonds is 4. The minimum absolute atomic E-state index is 0.0306. The van der Waals surface area contributed by atoms with Crippen molar-refractivity contribution in [3.8, 4) is 0 Å². The molecule has 4 rings (SSSR count). The number of amides is 1. The maximum Gasteiger partial charge on any atom is 0.432 e. The van der Waals surface area contributed by atoms with E-state index >= 15 is 0 Å². The Bertz CT molecular complexity index is 1170. The van der Waals surface area contributed by atoms with Crippen LogP contribution in [0.3, 0.4) is 0 Å². The van der Waals surface area contributed by atoms with Crippen molar-refractivity contribution in [2.45, 2.75) is 44.2 Å². The topological polar surface area (TPSA) is 115 Å². The van der Waals surface area contributed by atoms with Gasteiger partial charge >= 0.3 is 6.09 Å². The highest BCUT2D eigenvalue weighted by atomic mass is 32.2. The number of aromatic nitrogens is 1. The molecule has 0 radical (unpaired) electrons. The molecule has 33 heavy (non-hydrogen) atoms. The average molecular weight is 494 g/mol. The first-order valence-electron chi connectivity index (χ1n) is 10.4. The zero-order valence-electron chi connectivity index (χ0n) is 17.3. The summed E-state index contributed by atoms with van der Waals surface area (Å²) in [5.41, 5.74) is 1.08. The van der Waals surface area contributed by atoms with Crippen molar-refractivity contribution >= 4 is 27.2 Å². The molecule has 0 bridgehead atoms. The lowest BCUT2D eigenvalue weighted by Gasteiger charge is -2.39. The van der Waals surface area contributed by atoms with E-state index < -0.39 is 57.2 Å². The van der Waals surface area contributed by atoms with Crippen LogP contribution in [0, 0.1) is 23.3 Å². The third kappa shape index (κ3) is 4.16. The number of hydroxylamine groups is 1. The molecule has 0 unspecified atom stereocenters. The molecule has 3 N–H and O–H groups in total. The molecule has 1 atom stereocenters. The second kappa shape index (κ2) is 9.08. The summed E-state index contributed by atoms with van der Waals surface area (Å²) < 4.78 is 89.3. The molecule has 2 aliphatic rings. The molecule has 9 nitrogen and oxygen atoms in total. The van der Waals surface area contributed by atoms with Gasteiger partial charge in [-0.3, -0.25) is 5.21 Å². The Labute approximate surface area is 186 Å². The summed E-state index contributed by atoms with van der Waals surface area (Å²) in [4.78, 5) is 13.8. The number of halogens is 4. The largest absolute Gasteiger partial charge is 0.432 e. The molecule has 0 saturated carbocycles. The number of carbonyl (C=O) groups excluding carboxylic acids is 1. The molecule has 14 heteroatoms. The molecule has 0 aliphatic carbocycles. The highest BCUT2D eigenvalue weighted by Gasteiger charge is 2.40. The first-order valence-corrected chi connectivity index (χ1v) is 11.8. The molecular formula is C19H22F4N4O5S. The molecular weight excluding hydrogens is 472 g/mol. The number of piperidine rings is 2. The quantitative estimate of drug-likeness (QED) is 0.199. The van der Waals surface area contributed by atoms with Crippen molar-refractivity contribution in [2.75, 3.05) is 19.6 Å². The maximum atomic E-state index is 14.4. The lowest BCUT2D eigenvalue weighted by molar-refractivity contribution is -0.0113. The van der Waals surface area contributed by atoms with Gasteiger partial charge in [0.15, 0.2) is 29.5 Å². The van der Waals surface area contributed by atoms with Crippen LogP contribution in [0.5, 0.6) is 0 Å². The third-order valence-electron chi connectivity index (χ3n) is 6.18. The van der Waals surface area contributed by atoms with Gasteiger partial charge in [0.05, 0.1) is 5.52 Å². The smallest absolute Gasteiger partial charge is 0.428 e. The number of aromatic amines is 1. The second-order valence-electron chi connectivity index (χ2n) is 8.01. The molecule has 2 aromatic rings. The summed E-state index contributed by atoms with van der Waals surface area (Å²) in [5, 5.41) is 8.28. The number of ether oxygens (including phenoxy) is 1. The van der Waals surface area contributed by atoms with Crippen LogP contribution in [0.25, 0.3) is 10.9 Å². The van der Waals surface area contributed by atoms with E-state index in [9.17, 15) is 30.8 Å². The van der Waals surface area contributed by atoms with E-state index in [1.165, 1.54) is 16.0 Å². The lowest BCUT2D eigenvalue weighted by Crippen LogP contribution is -2.53.